The van der Waals surface area contributed by atoms with Crippen LogP contribution in [0.15, 0.2) is 46.9 Å². The number of fused-ring (bicyclic) bond motifs is 2. The summed E-state index contributed by atoms with van der Waals surface area (Å²) in [6.45, 7) is 10.5. The zero-order valence-corrected chi connectivity index (χ0v) is 25.9. The fourth-order valence-corrected chi connectivity index (χ4v) is 5.28. The average Bonchev–Trinajstić information content (AvgIpc) is 2.93. The standard InChI is InChI=1S/C25H20Cl2N2O5.C6H15N/c1-28(2)12-5-7-14-18(9-12)34-19-10-13(29(3)4)6-8-15(19)20(14)21-17(26)11-16(24(30)31)23(27)22(21)25(32)33;1-4-7(5-2)6-3/h5-11H,1-4H3,(H-,30,31,32,33);4-6H2,1-3H3/p+2. The van der Waals surface area contributed by atoms with E-state index in [1.54, 1.807) is 4.90 Å². The Morgan fingerprint density at radius 1 is 0.902 bits per heavy atom. The number of hydrogen-bond acceptors (Lipinski definition) is 4. The van der Waals surface area contributed by atoms with E-state index in [-0.39, 0.29) is 21.7 Å². The van der Waals surface area contributed by atoms with Gasteiger partial charge in [0.2, 0.25) is 5.36 Å². The first-order chi connectivity index (χ1) is 19.4. The first-order valence-corrected chi connectivity index (χ1v) is 14.1. The van der Waals surface area contributed by atoms with E-state index in [1.807, 2.05) is 74.1 Å². The lowest BCUT2D eigenvalue weighted by atomic mass is 9.89. The van der Waals surface area contributed by atoms with Crippen LogP contribution in [0.25, 0.3) is 33.4 Å². The topological polar surface area (TPSA) is 98.4 Å². The van der Waals surface area contributed by atoms with Gasteiger partial charge in [0.1, 0.15) is 25.4 Å². The minimum absolute atomic E-state index is 0.0404. The van der Waals surface area contributed by atoms with Crippen LogP contribution in [0.4, 0.5) is 5.69 Å². The molecule has 218 valence electrons. The van der Waals surface area contributed by atoms with Crippen molar-refractivity contribution < 1.29 is 29.1 Å². The van der Waals surface area contributed by atoms with Gasteiger partial charge < -0.3 is 24.4 Å². The summed E-state index contributed by atoms with van der Waals surface area (Å²) in [4.78, 5) is 27.6. The Hall–Kier alpha value is -3.59. The molecule has 8 nitrogen and oxygen atoms in total. The highest BCUT2D eigenvalue weighted by Crippen LogP contribution is 2.46. The molecule has 3 N–H and O–H groups in total. The average molecular weight is 603 g/mol. The molecule has 41 heavy (non-hydrogen) atoms. The molecular weight excluding hydrogens is 565 g/mol. The lowest BCUT2D eigenvalue weighted by Crippen LogP contribution is -3.11. The summed E-state index contributed by atoms with van der Waals surface area (Å²) in [5.41, 5.74) is 1.86. The molecular formula is C31H37Cl2N3O5+2. The number of quaternary nitrogens is 1. The highest BCUT2D eigenvalue weighted by Gasteiger charge is 2.29. The van der Waals surface area contributed by atoms with Crippen LogP contribution in [0, 0.1) is 0 Å². The number of rotatable bonds is 7. The Labute approximate surface area is 250 Å². The largest absolute Gasteiger partial charge is 0.478 e. The third kappa shape index (κ3) is 6.67. The van der Waals surface area contributed by atoms with E-state index >= 15 is 0 Å². The minimum atomic E-state index is -1.39. The number of carbonyl (C=O) groups is 2. The zero-order valence-electron chi connectivity index (χ0n) is 24.4. The molecule has 10 heteroatoms. The molecule has 0 unspecified atom stereocenters. The normalized spacial score (nSPS) is 11.0. The van der Waals surface area contributed by atoms with Gasteiger partial charge in [-0.2, -0.15) is 0 Å². The smallest absolute Gasteiger partial charge is 0.337 e. The first-order valence-electron chi connectivity index (χ1n) is 13.4. The summed E-state index contributed by atoms with van der Waals surface area (Å²) in [6.07, 6.45) is 0. The molecule has 0 saturated carbocycles. The van der Waals surface area contributed by atoms with E-state index in [9.17, 15) is 19.8 Å². The van der Waals surface area contributed by atoms with Crippen LogP contribution < -0.4 is 19.7 Å². The van der Waals surface area contributed by atoms with Gasteiger partial charge in [-0.3, -0.25) is 0 Å². The molecule has 0 fully saturated rings. The van der Waals surface area contributed by atoms with E-state index < -0.39 is 17.0 Å². The van der Waals surface area contributed by atoms with Crippen molar-refractivity contribution >= 4 is 51.8 Å². The van der Waals surface area contributed by atoms with Crippen molar-refractivity contribution in [3.05, 3.63) is 69.0 Å². The van der Waals surface area contributed by atoms with Gasteiger partial charge in [0, 0.05) is 54.0 Å². The Balaban J connectivity index is 0.000000587. The quantitative estimate of drug-likeness (QED) is 0.205. The number of nitrogens with zero attached hydrogens (tertiary/aromatic N) is 2. The number of aromatic carboxylic acids is 2. The summed E-state index contributed by atoms with van der Waals surface area (Å²) in [5, 5.41) is 20.6. The number of anilines is 1. The lowest BCUT2D eigenvalue weighted by molar-refractivity contribution is -0.894. The molecule has 1 heterocycles. The van der Waals surface area contributed by atoms with E-state index in [2.05, 4.69) is 20.8 Å². The van der Waals surface area contributed by atoms with E-state index in [1.165, 1.54) is 25.7 Å². The fraction of sp³-hybridized carbons (Fsp3) is 0.323. The van der Waals surface area contributed by atoms with Gasteiger partial charge in [-0.05, 0) is 45.0 Å². The van der Waals surface area contributed by atoms with Crippen molar-refractivity contribution in [2.24, 2.45) is 0 Å². The molecule has 0 atom stereocenters. The number of hydrogen-bond donors (Lipinski definition) is 3. The van der Waals surface area contributed by atoms with Crippen LogP contribution in [0.1, 0.15) is 41.5 Å². The zero-order chi connectivity index (χ0) is 30.6. The second-order valence-corrected chi connectivity index (χ2v) is 10.8. The molecule has 0 radical (unpaired) electrons. The van der Waals surface area contributed by atoms with Gasteiger partial charge >= 0.3 is 11.9 Å². The SMILES string of the molecule is CC[NH+](CC)CC.CN(C)c1ccc2c(-c3c(Cl)cc(C(=O)O)c(Cl)c3C(=O)O)c3ccc(=[N+](C)C)cc-3oc2c1. The van der Waals surface area contributed by atoms with Gasteiger partial charge in [0.25, 0.3) is 0 Å². The van der Waals surface area contributed by atoms with Crippen LogP contribution >= 0.6 is 23.2 Å². The number of halogens is 2. The monoisotopic (exact) mass is 601 g/mol. The Morgan fingerprint density at radius 2 is 1.54 bits per heavy atom. The van der Waals surface area contributed by atoms with E-state index in [0.717, 1.165) is 11.0 Å². The maximum absolute atomic E-state index is 12.3. The van der Waals surface area contributed by atoms with Crippen molar-refractivity contribution in [3.8, 4) is 22.5 Å². The number of benzene rings is 3. The summed E-state index contributed by atoms with van der Waals surface area (Å²) < 4.78 is 8.17. The second kappa shape index (κ2) is 13.4. The number of nitrogens with one attached hydrogen (secondary N) is 1. The van der Waals surface area contributed by atoms with Crippen molar-refractivity contribution in [3.63, 3.8) is 0 Å². The molecule has 0 saturated heterocycles. The molecule has 0 amide bonds. The van der Waals surface area contributed by atoms with Crippen molar-refractivity contribution in [1.29, 1.82) is 0 Å². The van der Waals surface area contributed by atoms with Crippen molar-refractivity contribution in [2.75, 3.05) is 52.7 Å². The van der Waals surface area contributed by atoms with Gasteiger partial charge in [0.05, 0.1) is 46.9 Å². The fourth-order valence-electron chi connectivity index (χ4n) is 4.67. The van der Waals surface area contributed by atoms with Crippen LogP contribution in [-0.2, 0) is 0 Å². The lowest BCUT2D eigenvalue weighted by Gasteiger charge is -2.20. The minimum Gasteiger partial charge on any atom is -0.478 e. The maximum atomic E-state index is 12.3. The van der Waals surface area contributed by atoms with E-state index in [4.69, 9.17) is 27.6 Å². The Kier molecular flexibility index (Phi) is 10.4. The van der Waals surface area contributed by atoms with Crippen LogP contribution in [0.2, 0.25) is 10.0 Å². The van der Waals surface area contributed by atoms with Crippen LogP contribution in [-0.4, -0.2) is 70.0 Å². The molecule has 1 aliphatic heterocycles. The van der Waals surface area contributed by atoms with Crippen molar-refractivity contribution in [1.82, 2.24) is 4.58 Å². The molecule has 2 aromatic carbocycles. The molecule has 0 spiro atoms. The Morgan fingerprint density at radius 3 is 2.02 bits per heavy atom. The predicted octanol–water partition coefficient (Wildman–Crippen LogP) is 4.94. The predicted molar refractivity (Wildman–Crippen MR) is 166 cm³/mol. The highest BCUT2D eigenvalue weighted by atomic mass is 35.5. The number of carboxylic acids is 2. The van der Waals surface area contributed by atoms with E-state index in [0.29, 0.717) is 27.9 Å². The first kappa shape index (κ1) is 31.9. The van der Waals surface area contributed by atoms with Gasteiger partial charge in [0.15, 0.2) is 0 Å². The highest BCUT2D eigenvalue weighted by molar-refractivity contribution is 6.41. The second-order valence-electron chi connectivity index (χ2n) is 10.0. The van der Waals surface area contributed by atoms with Gasteiger partial charge in [-0.15, -0.1) is 0 Å². The third-order valence-electron chi connectivity index (χ3n) is 7.13. The maximum Gasteiger partial charge on any atom is 0.337 e. The summed E-state index contributed by atoms with van der Waals surface area (Å²) in [7, 11) is 7.60. The summed E-state index contributed by atoms with van der Waals surface area (Å²) in [5.74, 6) is -2.25. The third-order valence-corrected chi connectivity index (χ3v) is 7.82. The summed E-state index contributed by atoms with van der Waals surface area (Å²) in [6, 6.07) is 12.3. The van der Waals surface area contributed by atoms with Crippen LogP contribution in [0.3, 0.4) is 0 Å². The molecule has 1 aliphatic carbocycles. The Bertz CT molecular complexity index is 1630. The molecule has 2 aromatic rings. The van der Waals surface area contributed by atoms with Gasteiger partial charge in [-0.1, -0.05) is 23.2 Å². The van der Waals surface area contributed by atoms with Crippen molar-refractivity contribution in [2.45, 2.75) is 20.8 Å². The molecule has 0 aromatic heterocycles. The summed E-state index contributed by atoms with van der Waals surface area (Å²) >= 11 is 12.9. The van der Waals surface area contributed by atoms with Crippen LogP contribution in [0.5, 0.6) is 0 Å². The number of carboxylic acid groups (broad SMARTS) is 2. The molecule has 0 bridgehead atoms. The van der Waals surface area contributed by atoms with Gasteiger partial charge in [-0.25, -0.2) is 14.2 Å². The molecule has 2 aliphatic rings. The molecule has 4 rings (SSSR count).